The minimum Gasteiger partial charge on any atom is -0.493 e. The van der Waals surface area contributed by atoms with E-state index in [9.17, 15) is 19.2 Å². The van der Waals surface area contributed by atoms with Gasteiger partial charge in [0, 0.05) is 4.47 Å². The van der Waals surface area contributed by atoms with Gasteiger partial charge in [0.2, 0.25) is 0 Å². The zero-order valence-electron chi connectivity index (χ0n) is 16.8. The van der Waals surface area contributed by atoms with E-state index in [-0.39, 0.29) is 22.6 Å². The highest BCUT2D eigenvalue weighted by atomic mass is 79.9. The lowest BCUT2D eigenvalue weighted by Gasteiger charge is -2.11. The van der Waals surface area contributed by atoms with Crippen molar-refractivity contribution in [2.24, 2.45) is 0 Å². The molecule has 0 bridgehead atoms. The topological polar surface area (TPSA) is 88.4 Å². The molecule has 0 fully saturated rings. The van der Waals surface area contributed by atoms with Gasteiger partial charge in [-0.2, -0.15) is 5.26 Å². The van der Waals surface area contributed by atoms with Gasteiger partial charge in [0.1, 0.15) is 17.5 Å². The number of halogens is 2. The third-order valence-corrected chi connectivity index (χ3v) is 4.97. The van der Waals surface area contributed by atoms with Crippen molar-refractivity contribution < 1.29 is 23.5 Å². The predicted octanol–water partition coefficient (Wildman–Crippen LogP) is 5.36. The Morgan fingerprint density at radius 2 is 1.78 bits per heavy atom. The first-order valence-electron chi connectivity index (χ1n) is 9.25. The largest absolute Gasteiger partial charge is 0.493 e. The average Bonchev–Trinajstić information content (AvgIpc) is 2.79. The van der Waals surface area contributed by atoms with Crippen molar-refractivity contribution in [3.05, 3.63) is 93.7 Å². The summed E-state index contributed by atoms with van der Waals surface area (Å²) in [6.45, 7) is 0. The zero-order chi connectivity index (χ0) is 23.1. The number of ether oxygens (including phenoxy) is 2. The number of rotatable bonds is 6. The Bertz CT molecular complexity index is 1250. The number of hydrogen-bond acceptors (Lipinski definition) is 5. The van der Waals surface area contributed by atoms with E-state index in [0.29, 0.717) is 15.7 Å². The van der Waals surface area contributed by atoms with Crippen LogP contribution in [0.2, 0.25) is 0 Å². The van der Waals surface area contributed by atoms with E-state index in [0.717, 1.165) is 6.07 Å². The van der Waals surface area contributed by atoms with Gasteiger partial charge >= 0.3 is 5.97 Å². The maximum atomic E-state index is 13.8. The number of hydrogen-bond donors (Lipinski definition) is 1. The van der Waals surface area contributed by atoms with Crippen LogP contribution in [0.1, 0.15) is 15.9 Å². The van der Waals surface area contributed by atoms with Gasteiger partial charge in [-0.3, -0.25) is 4.79 Å². The van der Waals surface area contributed by atoms with Crippen LogP contribution < -0.4 is 14.8 Å². The molecule has 0 heterocycles. The number of nitrogens with zero attached hydrogens (tertiary/aromatic N) is 1. The van der Waals surface area contributed by atoms with Crippen LogP contribution in [0.4, 0.5) is 10.1 Å². The van der Waals surface area contributed by atoms with Crippen molar-refractivity contribution in [3.63, 3.8) is 0 Å². The number of esters is 1. The van der Waals surface area contributed by atoms with E-state index in [4.69, 9.17) is 9.47 Å². The smallest absolute Gasteiger partial charge is 0.346 e. The molecule has 3 rings (SSSR count). The molecule has 8 heteroatoms. The van der Waals surface area contributed by atoms with Gasteiger partial charge in [-0.25, -0.2) is 9.18 Å². The van der Waals surface area contributed by atoms with Gasteiger partial charge in [-0.1, -0.05) is 30.3 Å². The molecule has 3 aromatic rings. The molecule has 0 spiro atoms. The minimum absolute atomic E-state index is 0.0640. The first kappa shape index (κ1) is 22.7. The number of para-hydroxylation sites is 1. The number of methoxy groups -OCH3 is 1. The Morgan fingerprint density at radius 3 is 2.47 bits per heavy atom. The second kappa shape index (κ2) is 10.4. The Balaban J connectivity index is 1.82. The molecule has 0 aliphatic carbocycles. The molecular weight excluding hydrogens is 479 g/mol. The molecule has 0 aromatic heterocycles. The van der Waals surface area contributed by atoms with Crippen molar-refractivity contribution >= 4 is 39.6 Å². The van der Waals surface area contributed by atoms with Crippen LogP contribution in [-0.4, -0.2) is 19.0 Å². The fourth-order valence-corrected chi connectivity index (χ4v) is 3.09. The molecule has 0 unspecified atom stereocenters. The summed E-state index contributed by atoms with van der Waals surface area (Å²) in [5.74, 6) is -1.93. The molecule has 1 amide bonds. The number of carbonyl (C=O) groups excluding carboxylic acids is 2. The monoisotopic (exact) mass is 494 g/mol. The number of benzene rings is 3. The zero-order valence-corrected chi connectivity index (χ0v) is 18.4. The molecule has 160 valence electrons. The number of carbonyl (C=O) groups is 2. The highest BCUT2D eigenvalue weighted by molar-refractivity contribution is 9.10. The summed E-state index contributed by atoms with van der Waals surface area (Å²) in [4.78, 5) is 24.8. The number of amides is 1. The predicted molar refractivity (Wildman–Crippen MR) is 121 cm³/mol. The van der Waals surface area contributed by atoms with E-state index in [1.807, 2.05) is 6.07 Å². The van der Waals surface area contributed by atoms with E-state index in [1.54, 1.807) is 24.3 Å². The Kier molecular flexibility index (Phi) is 7.37. The molecule has 0 saturated carbocycles. The van der Waals surface area contributed by atoms with Crippen molar-refractivity contribution in [1.29, 1.82) is 5.26 Å². The number of nitriles is 1. The van der Waals surface area contributed by atoms with Crippen LogP contribution in [0.25, 0.3) is 6.08 Å². The van der Waals surface area contributed by atoms with Gasteiger partial charge in [-0.05, 0) is 64.0 Å². The number of nitrogens with one attached hydrogen (secondary N) is 1. The Morgan fingerprint density at radius 1 is 1.06 bits per heavy atom. The Labute approximate surface area is 192 Å². The fourth-order valence-electron chi connectivity index (χ4n) is 2.71. The summed E-state index contributed by atoms with van der Waals surface area (Å²) in [5, 5.41) is 12.1. The molecule has 0 radical (unpaired) electrons. The highest BCUT2D eigenvalue weighted by Crippen LogP contribution is 2.30. The van der Waals surface area contributed by atoms with Crippen molar-refractivity contribution in [2.75, 3.05) is 12.4 Å². The normalized spacial score (nSPS) is 10.8. The summed E-state index contributed by atoms with van der Waals surface area (Å²) in [6, 6.07) is 18.8. The molecular formula is C24H16BrFN2O4. The van der Waals surface area contributed by atoms with Crippen LogP contribution in [0.5, 0.6) is 11.5 Å². The molecule has 0 aliphatic heterocycles. The second-order valence-corrected chi connectivity index (χ2v) is 7.24. The first-order valence-corrected chi connectivity index (χ1v) is 10.0. The average molecular weight is 495 g/mol. The summed E-state index contributed by atoms with van der Waals surface area (Å²) >= 11 is 3.33. The summed E-state index contributed by atoms with van der Waals surface area (Å²) in [6.07, 6.45) is 1.37. The van der Waals surface area contributed by atoms with E-state index in [1.165, 1.54) is 49.6 Å². The highest BCUT2D eigenvalue weighted by Gasteiger charge is 2.17. The third kappa shape index (κ3) is 5.39. The first-order chi connectivity index (χ1) is 15.4. The van der Waals surface area contributed by atoms with Crippen LogP contribution in [-0.2, 0) is 4.79 Å². The molecule has 3 aromatic carbocycles. The molecule has 0 saturated heterocycles. The maximum Gasteiger partial charge on any atom is 0.346 e. The lowest BCUT2D eigenvalue weighted by Crippen LogP contribution is -2.13. The lowest BCUT2D eigenvalue weighted by molar-refractivity contribution is -0.112. The van der Waals surface area contributed by atoms with Crippen LogP contribution in [0.15, 0.2) is 76.8 Å². The fraction of sp³-hybridized carbons (Fsp3) is 0.0417. The summed E-state index contributed by atoms with van der Waals surface area (Å²) in [7, 11) is 1.37. The van der Waals surface area contributed by atoms with Gasteiger partial charge in [-0.15, -0.1) is 0 Å². The third-order valence-electron chi connectivity index (χ3n) is 4.28. The minimum atomic E-state index is -0.879. The lowest BCUT2D eigenvalue weighted by atomic mass is 10.1. The second-order valence-electron chi connectivity index (χ2n) is 6.38. The van der Waals surface area contributed by atoms with Crippen LogP contribution in [0.3, 0.4) is 0 Å². The van der Waals surface area contributed by atoms with Crippen molar-refractivity contribution in [3.8, 4) is 17.6 Å². The maximum absolute atomic E-state index is 13.8. The van der Waals surface area contributed by atoms with Crippen molar-refractivity contribution in [2.45, 2.75) is 0 Å². The van der Waals surface area contributed by atoms with Gasteiger partial charge in [0.25, 0.3) is 5.91 Å². The van der Waals surface area contributed by atoms with Crippen molar-refractivity contribution in [1.82, 2.24) is 0 Å². The van der Waals surface area contributed by atoms with E-state index >= 15 is 0 Å². The Hall–Kier alpha value is -3.96. The van der Waals surface area contributed by atoms with Gasteiger partial charge < -0.3 is 14.8 Å². The SMILES string of the molecule is COc1cc(/C=C(/C#N)C(=O)Nc2ccccc2Br)ccc1OC(=O)c1ccccc1F. The van der Waals surface area contributed by atoms with Crippen LogP contribution >= 0.6 is 15.9 Å². The van der Waals surface area contributed by atoms with Gasteiger partial charge in [0.05, 0.1) is 18.4 Å². The molecule has 6 nitrogen and oxygen atoms in total. The van der Waals surface area contributed by atoms with E-state index < -0.39 is 17.7 Å². The van der Waals surface area contributed by atoms with Gasteiger partial charge in [0.15, 0.2) is 11.5 Å². The van der Waals surface area contributed by atoms with Crippen LogP contribution in [0, 0.1) is 17.1 Å². The molecule has 0 atom stereocenters. The quantitative estimate of drug-likeness (QED) is 0.215. The summed E-state index contributed by atoms with van der Waals surface area (Å²) in [5.41, 5.74) is 0.631. The van der Waals surface area contributed by atoms with E-state index in [2.05, 4.69) is 21.2 Å². The number of anilines is 1. The molecule has 32 heavy (non-hydrogen) atoms. The molecule has 1 N–H and O–H groups in total. The summed E-state index contributed by atoms with van der Waals surface area (Å²) < 4.78 is 25.0. The standard InChI is InChI=1S/C24H16BrFN2O4/c1-31-22-13-15(10-11-21(22)32-24(30)17-6-2-4-8-19(17)26)12-16(14-27)23(29)28-20-9-5-3-7-18(20)25/h2-13H,1H3,(H,28,29)/b16-12-. The molecule has 0 aliphatic rings.